The lowest BCUT2D eigenvalue weighted by molar-refractivity contribution is -0.129. The zero-order valence-corrected chi connectivity index (χ0v) is 21.3. The van der Waals surface area contributed by atoms with Crippen LogP contribution < -0.4 is 19.7 Å². The lowest BCUT2D eigenvalue weighted by Crippen LogP contribution is -2.54. The maximum Gasteiger partial charge on any atom is 0.336 e. The maximum atomic E-state index is 13.2. The molecule has 0 unspecified atom stereocenters. The van der Waals surface area contributed by atoms with E-state index in [1.54, 1.807) is 74.5 Å². The molecule has 4 amide bonds. The number of nitrogens with one attached hydrogen (secondary N) is 1. The number of nitrogens with zero attached hydrogens (tertiary/aromatic N) is 1. The number of carbonyl (C=O) groups is 4. The van der Waals surface area contributed by atoms with Crippen LogP contribution in [0.2, 0.25) is 5.02 Å². The van der Waals surface area contributed by atoms with Crippen molar-refractivity contribution in [3.63, 3.8) is 0 Å². The Hall–Kier alpha value is -4.69. The molecule has 0 bridgehead atoms. The van der Waals surface area contributed by atoms with E-state index in [4.69, 9.17) is 21.1 Å². The molecule has 1 saturated heterocycles. The Labute approximate surface area is 224 Å². The Morgan fingerprint density at radius 3 is 2.39 bits per heavy atom. The van der Waals surface area contributed by atoms with Gasteiger partial charge >= 0.3 is 12.0 Å². The Morgan fingerprint density at radius 2 is 1.68 bits per heavy atom. The molecule has 1 fully saturated rings. The molecule has 0 aromatic heterocycles. The number of para-hydroxylation sites is 1. The number of hydrogen-bond donors (Lipinski definition) is 1. The van der Waals surface area contributed by atoms with Gasteiger partial charge in [0.25, 0.3) is 11.8 Å². The Bertz CT molecular complexity index is 1480. The molecule has 1 aliphatic rings. The largest absolute Gasteiger partial charge is 0.490 e. The van der Waals surface area contributed by atoms with Crippen LogP contribution in [0.25, 0.3) is 12.2 Å². The van der Waals surface area contributed by atoms with E-state index in [9.17, 15) is 19.2 Å². The summed E-state index contributed by atoms with van der Waals surface area (Å²) in [5, 5.41) is 2.79. The number of anilines is 1. The van der Waals surface area contributed by atoms with Gasteiger partial charge in [-0.15, -0.1) is 0 Å². The highest BCUT2D eigenvalue weighted by molar-refractivity contribution is 6.39. The molecule has 1 N–H and O–H groups in total. The summed E-state index contributed by atoms with van der Waals surface area (Å²) in [6, 6.07) is 17.6. The van der Waals surface area contributed by atoms with Gasteiger partial charge in [-0.1, -0.05) is 48.0 Å². The third kappa shape index (κ3) is 5.99. The van der Waals surface area contributed by atoms with E-state index in [0.29, 0.717) is 21.8 Å². The van der Waals surface area contributed by atoms with Crippen LogP contribution in [0, 0.1) is 6.92 Å². The first-order valence-electron chi connectivity index (χ1n) is 11.7. The van der Waals surface area contributed by atoms with Gasteiger partial charge in [-0.05, 0) is 73.0 Å². The Morgan fingerprint density at radius 1 is 0.974 bits per heavy atom. The predicted molar refractivity (Wildman–Crippen MR) is 144 cm³/mol. The van der Waals surface area contributed by atoms with Gasteiger partial charge in [0, 0.05) is 11.1 Å². The van der Waals surface area contributed by atoms with Crippen LogP contribution in [0.5, 0.6) is 11.5 Å². The minimum atomic E-state index is -0.824. The molecule has 3 aromatic carbocycles. The summed E-state index contributed by atoms with van der Waals surface area (Å²) in [6.45, 7) is 3.80. The molecule has 0 atom stereocenters. The molecule has 9 heteroatoms. The van der Waals surface area contributed by atoms with Crippen LogP contribution in [0.4, 0.5) is 10.5 Å². The van der Waals surface area contributed by atoms with Gasteiger partial charge < -0.3 is 9.47 Å². The summed E-state index contributed by atoms with van der Waals surface area (Å²) in [4.78, 5) is 51.5. The van der Waals surface area contributed by atoms with E-state index >= 15 is 0 Å². The van der Waals surface area contributed by atoms with Crippen molar-refractivity contribution in [2.45, 2.75) is 13.8 Å². The number of ether oxygens (including phenoxy) is 2. The Balaban J connectivity index is 1.58. The fourth-order valence-electron chi connectivity index (χ4n) is 3.70. The van der Waals surface area contributed by atoms with Gasteiger partial charge in [-0.2, -0.15) is 0 Å². The van der Waals surface area contributed by atoms with E-state index in [0.717, 1.165) is 10.5 Å². The van der Waals surface area contributed by atoms with Gasteiger partial charge in [0.2, 0.25) is 0 Å². The van der Waals surface area contributed by atoms with Crippen LogP contribution in [-0.2, 0) is 14.4 Å². The van der Waals surface area contributed by atoms with E-state index < -0.39 is 23.8 Å². The van der Waals surface area contributed by atoms with Gasteiger partial charge in [0.05, 0.1) is 12.3 Å². The van der Waals surface area contributed by atoms with Crippen molar-refractivity contribution in [3.05, 3.63) is 100 Å². The second-order valence-corrected chi connectivity index (χ2v) is 8.63. The summed E-state index contributed by atoms with van der Waals surface area (Å²) < 4.78 is 11.1. The quantitative estimate of drug-likeness (QED) is 0.192. The maximum absolute atomic E-state index is 13.2. The van der Waals surface area contributed by atoms with E-state index in [2.05, 4.69) is 5.32 Å². The first-order valence-corrected chi connectivity index (χ1v) is 12.0. The number of urea groups is 1. The third-order valence-electron chi connectivity index (χ3n) is 5.53. The number of barbiturate groups is 1. The number of benzene rings is 3. The number of carbonyl (C=O) groups excluding carboxylic acids is 4. The summed E-state index contributed by atoms with van der Waals surface area (Å²) in [6.07, 6.45) is 4.22. The highest BCUT2D eigenvalue weighted by atomic mass is 35.5. The summed E-state index contributed by atoms with van der Waals surface area (Å²) >= 11 is 5.88. The van der Waals surface area contributed by atoms with Crippen molar-refractivity contribution in [3.8, 4) is 11.5 Å². The SMILES string of the molecule is CCOc1cc(/C=C2\C(=O)NC(=O)N(c3ccccc3C)C2=O)ccc1OC(=O)/C=C/c1ccc(Cl)cc1. The molecule has 8 nitrogen and oxygen atoms in total. The fourth-order valence-corrected chi connectivity index (χ4v) is 3.83. The second-order valence-electron chi connectivity index (χ2n) is 8.19. The predicted octanol–water partition coefficient (Wildman–Crippen LogP) is 5.33. The summed E-state index contributed by atoms with van der Waals surface area (Å²) in [5.41, 5.74) is 2.04. The van der Waals surface area contributed by atoms with Crippen LogP contribution in [0.1, 0.15) is 23.6 Å². The smallest absolute Gasteiger partial charge is 0.336 e. The van der Waals surface area contributed by atoms with E-state index in [1.165, 1.54) is 24.3 Å². The lowest BCUT2D eigenvalue weighted by atomic mass is 10.1. The molecular weight excluding hydrogens is 508 g/mol. The number of hydrogen-bond acceptors (Lipinski definition) is 6. The van der Waals surface area contributed by atoms with Crippen molar-refractivity contribution >= 4 is 53.3 Å². The number of amides is 4. The summed E-state index contributed by atoms with van der Waals surface area (Å²) in [5.74, 6) is -1.79. The molecule has 0 saturated carbocycles. The molecule has 1 heterocycles. The zero-order valence-electron chi connectivity index (χ0n) is 20.6. The standard InChI is InChI=1S/C29H23ClN2O6/c1-3-37-25-17-20(10-14-24(25)38-26(33)15-11-19-8-12-21(30)13-9-19)16-22-27(34)31-29(36)32(28(22)35)23-7-5-4-6-18(23)2/h4-17H,3H2,1-2H3,(H,31,34,36)/b15-11+,22-16+. The summed E-state index contributed by atoms with van der Waals surface area (Å²) in [7, 11) is 0. The van der Waals surface area contributed by atoms with E-state index in [1.807, 2.05) is 0 Å². The molecule has 192 valence electrons. The lowest BCUT2D eigenvalue weighted by Gasteiger charge is -2.27. The van der Waals surface area contributed by atoms with Gasteiger partial charge in [-0.3, -0.25) is 14.9 Å². The van der Waals surface area contributed by atoms with Crippen molar-refractivity contribution in [2.24, 2.45) is 0 Å². The number of imide groups is 2. The van der Waals surface area contributed by atoms with Crippen molar-refractivity contribution < 1.29 is 28.7 Å². The molecule has 1 aliphatic heterocycles. The van der Waals surface area contributed by atoms with Gasteiger partial charge in [0.1, 0.15) is 5.57 Å². The van der Waals surface area contributed by atoms with Crippen molar-refractivity contribution in [1.82, 2.24) is 5.32 Å². The third-order valence-corrected chi connectivity index (χ3v) is 5.78. The second kappa shape index (κ2) is 11.6. The van der Waals surface area contributed by atoms with Crippen molar-refractivity contribution in [2.75, 3.05) is 11.5 Å². The highest BCUT2D eigenvalue weighted by Crippen LogP contribution is 2.31. The first-order chi connectivity index (χ1) is 18.3. The molecular formula is C29H23ClN2O6. The number of esters is 1. The minimum Gasteiger partial charge on any atom is -0.490 e. The van der Waals surface area contributed by atoms with Gasteiger partial charge in [-0.25, -0.2) is 14.5 Å². The van der Waals surface area contributed by atoms with Crippen molar-refractivity contribution in [1.29, 1.82) is 0 Å². The first kappa shape index (κ1) is 26.4. The van der Waals surface area contributed by atoms with Crippen LogP contribution in [0.3, 0.4) is 0 Å². The number of rotatable bonds is 7. The highest BCUT2D eigenvalue weighted by Gasteiger charge is 2.37. The Kier molecular flexibility index (Phi) is 8.03. The number of halogens is 1. The van der Waals surface area contributed by atoms with E-state index in [-0.39, 0.29) is 23.7 Å². The number of aryl methyl sites for hydroxylation is 1. The molecule has 0 spiro atoms. The monoisotopic (exact) mass is 530 g/mol. The fraction of sp³-hybridized carbons (Fsp3) is 0.103. The molecule has 38 heavy (non-hydrogen) atoms. The minimum absolute atomic E-state index is 0.163. The topological polar surface area (TPSA) is 102 Å². The molecule has 3 aromatic rings. The zero-order chi connectivity index (χ0) is 27.2. The molecule has 4 rings (SSSR count). The molecule has 0 radical (unpaired) electrons. The van der Waals surface area contributed by atoms with Crippen LogP contribution in [-0.4, -0.2) is 30.4 Å². The van der Waals surface area contributed by atoms with Crippen LogP contribution in [0.15, 0.2) is 78.4 Å². The molecule has 0 aliphatic carbocycles. The average Bonchev–Trinajstić information content (AvgIpc) is 2.89. The van der Waals surface area contributed by atoms with Gasteiger partial charge in [0.15, 0.2) is 11.5 Å². The average molecular weight is 531 g/mol. The normalized spacial score (nSPS) is 14.7. The van der Waals surface area contributed by atoms with Crippen LogP contribution >= 0.6 is 11.6 Å².